The van der Waals surface area contributed by atoms with Crippen molar-refractivity contribution in [1.82, 2.24) is 5.27 Å². The van der Waals surface area contributed by atoms with Crippen LogP contribution in [0.4, 0.5) is 17.3 Å². The van der Waals surface area contributed by atoms with Crippen LogP contribution in [0.1, 0.15) is 11.1 Å². The summed E-state index contributed by atoms with van der Waals surface area (Å²) in [5, 5.41) is 18.6. The van der Waals surface area contributed by atoms with Gasteiger partial charge in [-0.05, 0) is 35.9 Å². The summed E-state index contributed by atoms with van der Waals surface area (Å²) in [6.07, 6.45) is 1.59. The molecule has 2 aromatic carbocycles. The molecule has 7 heteroatoms. The van der Waals surface area contributed by atoms with E-state index in [4.69, 9.17) is 4.52 Å². The van der Waals surface area contributed by atoms with E-state index in [9.17, 15) is 5.11 Å². The highest BCUT2D eigenvalue weighted by Gasteiger charge is 2.11. The van der Waals surface area contributed by atoms with Crippen LogP contribution in [0.3, 0.4) is 0 Å². The van der Waals surface area contributed by atoms with Gasteiger partial charge in [0.15, 0.2) is 0 Å². The monoisotopic (exact) mass is 351 g/mol. The molecular formula is C19H21N5O2. The summed E-state index contributed by atoms with van der Waals surface area (Å²) in [5.74, 6) is 0.152. The number of anilines is 2. The number of nitrogens with one attached hydrogen (secondary N) is 1. The highest BCUT2D eigenvalue weighted by Crippen LogP contribution is 2.16. The molecule has 0 bridgehead atoms. The highest BCUT2D eigenvalue weighted by molar-refractivity contribution is 5.87. The van der Waals surface area contributed by atoms with Gasteiger partial charge in [0, 0.05) is 31.0 Å². The van der Waals surface area contributed by atoms with Crippen LogP contribution in [0.15, 0.2) is 64.2 Å². The van der Waals surface area contributed by atoms with Gasteiger partial charge in [-0.2, -0.15) is 0 Å². The van der Waals surface area contributed by atoms with E-state index in [-0.39, 0.29) is 5.88 Å². The Hall–Kier alpha value is -3.35. The summed E-state index contributed by atoms with van der Waals surface area (Å²) in [7, 11) is 3.91. The van der Waals surface area contributed by atoms with E-state index < -0.39 is 6.02 Å². The predicted octanol–water partition coefficient (Wildman–Crippen LogP) is 1.84. The van der Waals surface area contributed by atoms with E-state index in [1.807, 2.05) is 74.4 Å². The van der Waals surface area contributed by atoms with Gasteiger partial charge in [-0.1, -0.05) is 29.8 Å². The van der Waals surface area contributed by atoms with Gasteiger partial charge in [0.05, 0.1) is 6.02 Å². The fraction of sp³-hybridized carbons (Fsp3) is 0.211. The first-order valence-corrected chi connectivity index (χ1v) is 8.22. The average Bonchev–Trinajstić information content (AvgIpc) is 3.04. The Labute approximate surface area is 152 Å². The smallest absolute Gasteiger partial charge is 0.322 e. The van der Waals surface area contributed by atoms with Crippen LogP contribution in [0, 0.1) is 6.92 Å². The summed E-state index contributed by atoms with van der Waals surface area (Å²) in [6, 6.07) is 15.1. The van der Waals surface area contributed by atoms with Crippen LogP contribution < -0.4 is 20.0 Å². The van der Waals surface area contributed by atoms with E-state index in [0.29, 0.717) is 12.2 Å². The third-order valence-corrected chi connectivity index (χ3v) is 3.81. The molecule has 0 aliphatic carbocycles. The maximum atomic E-state index is 12.0. The molecular weight excluding hydrogens is 330 g/mol. The van der Waals surface area contributed by atoms with Gasteiger partial charge in [0.2, 0.25) is 11.8 Å². The number of aryl methyl sites for hydroxylation is 1. The molecule has 26 heavy (non-hydrogen) atoms. The first-order valence-electron chi connectivity index (χ1n) is 8.22. The maximum absolute atomic E-state index is 12.0. The van der Waals surface area contributed by atoms with Crippen molar-refractivity contribution in [2.24, 2.45) is 4.99 Å². The van der Waals surface area contributed by atoms with Gasteiger partial charge < -0.3 is 15.3 Å². The average molecular weight is 351 g/mol. The second-order valence-electron chi connectivity index (χ2n) is 6.21. The Morgan fingerprint density at radius 1 is 1.15 bits per heavy atom. The van der Waals surface area contributed by atoms with Crippen LogP contribution in [0.2, 0.25) is 0 Å². The van der Waals surface area contributed by atoms with Crippen molar-refractivity contribution in [1.29, 1.82) is 0 Å². The van der Waals surface area contributed by atoms with E-state index in [0.717, 1.165) is 11.3 Å². The number of hydrogen-bond acceptors (Lipinski definition) is 5. The van der Waals surface area contributed by atoms with E-state index in [2.05, 4.69) is 15.6 Å². The highest BCUT2D eigenvalue weighted by atomic mass is 16.5. The zero-order valence-corrected chi connectivity index (χ0v) is 15.0. The Kier molecular flexibility index (Phi) is 5.17. The van der Waals surface area contributed by atoms with Gasteiger partial charge in [0.1, 0.15) is 0 Å². The second-order valence-corrected chi connectivity index (χ2v) is 6.21. The lowest BCUT2D eigenvalue weighted by Gasteiger charge is -2.15. The van der Waals surface area contributed by atoms with Crippen molar-refractivity contribution in [2.75, 3.05) is 24.3 Å². The van der Waals surface area contributed by atoms with Gasteiger partial charge in [-0.15, -0.1) is 0 Å². The molecule has 0 radical (unpaired) electrons. The lowest BCUT2D eigenvalue weighted by Crippen LogP contribution is -2.35. The van der Waals surface area contributed by atoms with Gasteiger partial charge in [-0.3, -0.25) is 4.52 Å². The molecule has 0 saturated carbocycles. The molecule has 1 aromatic heterocycles. The van der Waals surface area contributed by atoms with Crippen LogP contribution in [0.5, 0.6) is 0 Å². The molecule has 0 saturated heterocycles. The topological polar surface area (TPSA) is 80.6 Å². The van der Waals surface area contributed by atoms with Crippen molar-refractivity contribution in [2.45, 2.75) is 13.5 Å². The van der Waals surface area contributed by atoms with Crippen molar-refractivity contribution in [3.63, 3.8) is 0 Å². The molecule has 0 amide bonds. The number of amidine groups is 1. The normalized spacial score (nSPS) is 11.4. The molecule has 1 N–H and O–H groups in total. The molecule has 134 valence electrons. The molecule has 0 atom stereocenters. The Morgan fingerprint density at radius 3 is 2.50 bits per heavy atom. The zero-order chi connectivity index (χ0) is 18.5. The van der Waals surface area contributed by atoms with Gasteiger partial charge in [-0.25, -0.2) is 4.99 Å². The minimum atomic E-state index is -0.513. The Balaban J connectivity index is 1.63. The standard InChI is InChI=1S/C19H21N5O2/c1-14-4-6-15(7-5-14)12-24-13-18(26-22-24)21-19(25)20-16-8-10-17(11-9-16)23(2)3/h4-11,13H,12H2,1-3H3,(H-,20,21,22,25). The van der Waals surface area contributed by atoms with Crippen LogP contribution in [0.25, 0.3) is 0 Å². The van der Waals surface area contributed by atoms with E-state index >= 15 is 0 Å². The molecule has 0 unspecified atom stereocenters. The van der Waals surface area contributed by atoms with Crippen LogP contribution in [-0.2, 0) is 6.54 Å². The lowest BCUT2D eigenvalue weighted by atomic mass is 10.1. The fourth-order valence-corrected chi connectivity index (χ4v) is 2.37. The number of hydrogen-bond donors (Lipinski definition) is 1. The quantitative estimate of drug-likeness (QED) is 0.431. The minimum Gasteiger partial charge on any atom is -0.846 e. The minimum absolute atomic E-state index is 0.152. The summed E-state index contributed by atoms with van der Waals surface area (Å²) in [6.45, 7) is 2.59. The molecule has 1 heterocycles. The van der Waals surface area contributed by atoms with E-state index in [1.54, 1.807) is 10.9 Å². The molecule has 7 nitrogen and oxygen atoms in total. The van der Waals surface area contributed by atoms with E-state index in [1.165, 1.54) is 5.56 Å². The van der Waals surface area contributed by atoms with Crippen molar-refractivity contribution < 1.29 is 14.3 Å². The van der Waals surface area contributed by atoms with Gasteiger partial charge >= 0.3 is 5.88 Å². The number of rotatable bonds is 5. The zero-order valence-electron chi connectivity index (χ0n) is 15.0. The number of aliphatic imine (C=N–C) groups is 1. The maximum Gasteiger partial charge on any atom is 0.322 e. The summed E-state index contributed by atoms with van der Waals surface area (Å²) in [5.41, 5.74) is 4.00. The Bertz CT molecular complexity index is 883. The van der Waals surface area contributed by atoms with Crippen molar-refractivity contribution >= 4 is 23.3 Å². The predicted molar refractivity (Wildman–Crippen MR) is 98.5 cm³/mol. The largest absolute Gasteiger partial charge is 0.846 e. The molecule has 0 spiro atoms. The Morgan fingerprint density at radius 2 is 1.85 bits per heavy atom. The summed E-state index contributed by atoms with van der Waals surface area (Å²) in [4.78, 5) is 5.86. The molecule has 0 fully saturated rings. The first kappa shape index (κ1) is 17.5. The molecule has 3 rings (SSSR count). The lowest BCUT2D eigenvalue weighted by molar-refractivity contribution is -0.754. The molecule has 3 aromatic rings. The number of benzene rings is 2. The van der Waals surface area contributed by atoms with Crippen molar-refractivity contribution in [3.05, 3.63) is 65.9 Å². The molecule has 0 aliphatic rings. The van der Waals surface area contributed by atoms with Gasteiger partial charge in [0.25, 0.3) is 6.20 Å². The molecule has 0 aliphatic heterocycles. The number of nitrogens with zero attached hydrogens (tertiary/aromatic N) is 4. The first-order chi connectivity index (χ1) is 12.5. The van der Waals surface area contributed by atoms with Crippen LogP contribution in [-0.4, -0.2) is 25.4 Å². The summed E-state index contributed by atoms with van der Waals surface area (Å²) < 4.78 is 6.70. The number of aromatic nitrogens is 2. The third kappa shape index (κ3) is 4.60. The summed E-state index contributed by atoms with van der Waals surface area (Å²) >= 11 is 0. The fourth-order valence-electron chi connectivity index (χ4n) is 2.37. The SMILES string of the molecule is Cc1ccc(C[n+]2cc(/N=C(\[O-])Nc3ccc(N(C)C)cc3)on2)cc1. The van der Waals surface area contributed by atoms with Crippen LogP contribution >= 0.6 is 0 Å². The second kappa shape index (κ2) is 7.69. The van der Waals surface area contributed by atoms with Crippen molar-refractivity contribution in [3.8, 4) is 0 Å². The third-order valence-electron chi connectivity index (χ3n) is 3.81.